The Morgan fingerprint density at radius 2 is 2.29 bits per heavy atom. The van der Waals surface area contributed by atoms with E-state index in [4.69, 9.17) is 4.74 Å². The van der Waals surface area contributed by atoms with Crippen LogP contribution in [0.1, 0.15) is 31.2 Å². The molecule has 0 aromatic heterocycles. The van der Waals surface area contributed by atoms with E-state index in [0.717, 1.165) is 32.5 Å². The summed E-state index contributed by atoms with van der Waals surface area (Å²) in [5.41, 5.74) is 1.49. The number of thioether (sulfide) groups is 1. The van der Waals surface area contributed by atoms with E-state index in [-0.39, 0.29) is 11.9 Å². The number of rotatable bonds is 4. The van der Waals surface area contributed by atoms with E-state index in [9.17, 15) is 4.79 Å². The van der Waals surface area contributed by atoms with Crippen molar-refractivity contribution in [2.75, 3.05) is 32.0 Å². The van der Waals surface area contributed by atoms with Crippen molar-refractivity contribution in [1.82, 2.24) is 4.90 Å². The lowest BCUT2D eigenvalue weighted by Crippen LogP contribution is -2.41. The van der Waals surface area contributed by atoms with Crippen LogP contribution in [0.3, 0.4) is 0 Å². The van der Waals surface area contributed by atoms with Gasteiger partial charge in [0.15, 0.2) is 0 Å². The Hall–Kier alpha value is -1.00. The first-order chi connectivity index (χ1) is 10.3. The molecule has 2 heterocycles. The van der Waals surface area contributed by atoms with Crippen molar-refractivity contribution in [3.05, 3.63) is 29.8 Å². The number of piperidine rings is 1. The molecule has 4 heteroatoms. The highest BCUT2D eigenvalue weighted by molar-refractivity contribution is 7.99. The molecule has 21 heavy (non-hydrogen) atoms. The summed E-state index contributed by atoms with van der Waals surface area (Å²) in [6.45, 7) is 5.41. The van der Waals surface area contributed by atoms with Gasteiger partial charge in [-0.1, -0.05) is 18.2 Å². The third-order valence-corrected chi connectivity index (χ3v) is 5.65. The van der Waals surface area contributed by atoms with Gasteiger partial charge in [-0.2, -0.15) is 0 Å². The minimum Gasteiger partial charge on any atom is -0.466 e. The van der Waals surface area contributed by atoms with Gasteiger partial charge in [0, 0.05) is 29.7 Å². The van der Waals surface area contributed by atoms with E-state index in [1.807, 2.05) is 18.7 Å². The fourth-order valence-electron chi connectivity index (χ4n) is 3.37. The van der Waals surface area contributed by atoms with Crippen molar-refractivity contribution in [3.63, 3.8) is 0 Å². The number of fused-ring (bicyclic) bond motifs is 1. The fourth-order valence-corrected chi connectivity index (χ4v) is 4.61. The highest BCUT2D eigenvalue weighted by Crippen LogP contribution is 2.40. The van der Waals surface area contributed by atoms with Gasteiger partial charge in [-0.3, -0.25) is 4.79 Å². The molecule has 1 fully saturated rings. The van der Waals surface area contributed by atoms with Crippen molar-refractivity contribution < 1.29 is 9.53 Å². The molecule has 0 radical (unpaired) electrons. The number of hydrogen-bond donors (Lipinski definition) is 0. The zero-order valence-corrected chi connectivity index (χ0v) is 13.4. The van der Waals surface area contributed by atoms with Gasteiger partial charge in [0.1, 0.15) is 0 Å². The monoisotopic (exact) mass is 305 g/mol. The molecule has 0 spiro atoms. The first-order valence-corrected chi connectivity index (χ1v) is 8.87. The summed E-state index contributed by atoms with van der Waals surface area (Å²) < 4.78 is 5.19. The lowest BCUT2D eigenvalue weighted by atomic mass is 9.95. The molecular weight excluding hydrogens is 282 g/mol. The molecular formula is C17H23NO2S. The minimum atomic E-state index is -0.0107. The summed E-state index contributed by atoms with van der Waals surface area (Å²) in [7, 11) is 0. The zero-order chi connectivity index (χ0) is 14.7. The largest absolute Gasteiger partial charge is 0.466 e. The van der Waals surface area contributed by atoms with E-state index >= 15 is 0 Å². The van der Waals surface area contributed by atoms with E-state index in [2.05, 4.69) is 29.2 Å². The van der Waals surface area contributed by atoms with Crippen LogP contribution in [-0.2, 0) is 9.53 Å². The molecule has 0 amide bonds. The molecule has 3 rings (SSSR count). The van der Waals surface area contributed by atoms with Gasteiger partial charge in [-0.25, -0.2) is 0 Å². The molecule has 1 aromatic carbocycles. The quantitative estimate of drug-likeness (QED) is 0.799. The molecule has 2 aliphatic rings. The molecule has 2 aliphatic heterocycles. The Kier molecular flexibility index (Phi) is 4.86. The Morgan fingerprint density at radius 3 is 3.14 bits per heavy atom. The van der Waals surface area contributed by atoms with Gasteiger partial charge in [0.2, 0.25) is 0 Å². The predicted octanol–water partition coefficient (Wildman–Crippen LogP) is 3.15. The third-order valence-electron chi connectivity index (χ3n) is 4.40. The van der Waals surface area contributed by atoms with Crippen LogP contribution in [0.2, 0.25) is 0 Å². The molecule has 2 atom stereocenters. The summed E-state index contributed by atoms with van der Waals surface area (Å²) in [6, 6.07) is 8.73. The van der Waals surface area contributed by atoms with Gasteiger partial charge in [0.25, 0.3) is 0 Å². The average Bonchev–Trinajstić information content (AvgIpc) is 2.91. The van der Waals surface area contributed by atoms with Crippen LogP contribution in [0, 0.1) is 5.92 Å². The molecule has 1 saturated heterocycles. The number of nitrogens with zero attached hydrogens (tertiary/aromatic N) is 1. The third kappa shape index (κ3) is 3.43. The number of carbonyl (C=O) groups excluding carboxylic acids is 1. The number of hydrogen-bond acceptors (Lipinski definition) is 4. The van der Waals surface area contributed by atoms with Gasteiger partial charge < -0.3 is 9.64 Å². The fraction of sp³-hybridized carbons (Fsp3) is 0.588. The first kappa shape index (κ1) is 14.9. The maximum Gasteiger partial charge on any atom is 0.310 e. The Bertz CT molecular complexity index is 505. The summed E-state index contributed by atoms with van der Waals surface area (Å²) in [5.74, 6) is 1.83. The second-order valence-electron chi connectivity index (χ2n) is 5.90. The SMILES string of the molecule is CCOC(=O)[C@H]1CCCN(CC2CSc3ccccc32)C1. The van der Waals surface area contributed by atoms with Crippen LogP contribution in [-0.4, -0.2) is 42.9 Å². The topological polar surface area (TPSA) is 29.5 Å². The summed E-state index contributed by atoms with van der Waals surface area (Å²) >= 11 is 1.96. The number of benzene rings is 1. The smallest absolute Gasteiger partial charge is 0.310 e. The molecule has 0 N–H and O–H groups in total. The van der Waals surface area contributed by atoms with E-state index < -0.39 is 0 Å². The number of ether oxygens (including phenoxy) is 1. The van der Waals surface area contributed by atoms with Crippen LogP contribution >= 0.6 is 11.8 Å². The Balaban J connectivity index is 1.60. The Morgan fingerprint density at radius 1 is 1.43 bits per heavy atom. The van der Waals surface area contributed by atoms with E-state index in [0.29, 0.717) is 12.5 Å². The van der Waals surface area contributed by atoms with Crippen LogP contribution in [0.25, 0.3) is 0 Å². The van der Waals surface area contributed by atoms with Crippen molar-refractivity contribution in [3.8, 4) is 0 Å². The van der Waals surface area contributed by atoms with Gasteiger partial charge in [-0.05, 0) is 37.9 Å². The van der Waals surface area contributed by atoms with E-state index in [1.54, 1.807) is 0 Å². The molecule has 1 aromatic rings. The first-order valence-electron chi connectivity index (χ1n) is 7.88. The van der Waals surface area contributed by atoms with Crippen LogP contribution in [0.5, 0.6) is 0 Å². The lowest BCUT2D eigenvalue weighted by Gasteiger charge is -2.33. The van der Waals surface area contributed by atoms with Crippen LogP contribution in [0.4, 0.5) is 0 Å². The van der Waals surface area contributed by atoms with Crippen LogP contribution < -0.4 is 0 Å². The van der Waals surface area contributed by atoms with Gasteiger partial charge in [-0.15, -0.1) is 11.8 Å². The molecule has 114 valence electrons. The molecule has 1 unspecified atom stereocenters. The maximum atomic E-state index is 11.9. The molecule has 0 saturated carbocycles. The zero-order valence-electron chi connectivity index (χ0n) is 12.6. The van der Waals surface area contributed by atoms with Crippen molar-refractivity contribution in [2.45, 2.75) is 30.6 Å². The van der Waals surface area contributed by atoms with Crippen molar-refractivity contribution in [1.29, 1.82) is 0 Å². The summed E-state index contributed by atoms with van der Waals surface area (Å²) in [5, 5.41) is 0. The number of carbonyl (C=O) groups is 1. The normalized spacial score (nSPS) is 25.6. The minimum absolute atomic E-state index is 0.0107. The highest BCUT2D eigenvalue weighted by Gasteiger charge is 2.30. The maximum absolute atomic E-state index is 11.9. The van der Waals surface area contributed by atoms with Crippen molar-refractivity contribution in [2.24, 2.45) is 5.92 Å². The lowest BCUT2D eigenvalue weighted by molar-refractivity contribution is -0.149. The second kappa shape index (κ2) is 6.84. The molecule has 0 bridgehead atoms. The average molecular weight is 305 g/mol. The summed E-state index contributed by atoms with van der Waals surface area (Å²) in [6.07, 6.45) is 2.08. The standard InChI is InChI=1S/C17H23NO2S/c1-2-20-17(19)13-6-5-9-18(10-13)11-14-12-21-16-8-4-3-7-15(14)16/h3-4,7-8,13-14H,2,5-6,9-12H2,1H3/t13-,14?/m0/s1. The van der Waals surface area contributed by atoms with Gasteiger partial charge >= 0.3 is 5.97 Å². The van der Waals surface area contributed by atoms with Crippen LogP contribution in [0.15, 0.2) is 29.2 Å². The summed E-state index contributed by atoms with van der Waals surface area (Å²) in [4.78, 5) is 15.8. The molecule has 3 nitrogen and oxygen atoms in total. The second-order valence-corrected chi connectivity index (χ2v) is 6.96. The number of esters is 1. The Labute approximate surface area is 131 Å². The highest BCUT2D eigenvalue weighted by atomic mass is 32.2. The molecule has 0 aliphatic carbocycles. The number of likely N-dealkylation sites (tertiary alicyclic amines) is 1. The predicted molar refractivity (Wildman–Crippen MR) is 85.7 cm³/mol. The van der Waals surface area contributed by atoms with Crippen molar-refractivity contribution >= 4 is 17.7 Å². The van der Waals surface area contributed by atoms with E-state index in [1.165, 1.54) is 16.2 Å². The van der Waals surface area contributed by atoms with Gasteiger partial charge in [0.05, 0.1) is 12.5 Å².